The van der Waals surface area contributed by atoms with Gasteiger partial charge in [0.05, 0.1) is 17.7 Å². The fourth-order valence-corrected chi connectivity index (χ4v) is 3.65. The molecular weight excluding hydrogens is 260 g/mol. The number of hydrazone groups is 1. The molecule has 112 valence electrons. The molecule has 0 bridgehead atoms. The van der Waals surface area contributed by atoms with Crippen LogP contribution in [0, 0.1) is 11.3 Å². The Hall–Kier alpha value is -1.64. The first-order chi connectivity index (χ1) is 10.00. The highest BCUT2D eigenvalue weighted by molar-refractivity contribution is 6.15. The number of nitrogens with one attached hydrogen (secondary N) is 1. The lowest BCUT2D eigenvalue weighted by Gasteiger charge is -2.36. The second-order valence-corrected chi connectivity index (χ2v) is 7.17. The van der Waals surface area contributed by atoms with E-state index >= 15 is 0 Å². The van der Waals surface area contributed by atoms with Gasteiger partial charge in [-0.3, -0.25) is 4.79 Å². The summed E-state index contributed by atoms with van der Waals surface area (Å²) in [5.41, 5.74) is 6.65. The number of fused-ring (bicyclic) bond motifs is 1. The van der Waals surface area contributed by atoms with Crippen LogP contribution < -0.4 is 5.43 Å². The number of benzene rings is 1. The molecule has 0 aromatic heterocycles. The topological polar surface area (TPSA) is 41.5 Å². The first-order valence-corrected chi connectivity index (χ1v) is 7.95. The summed E-state index contributed by atoms with van der Waals surface area (Å²) < 4.78 is 0. The number of ketones is 1. The fraction of sp³-hybridized carbons (Fsp3) is 0.556. The van der Waals surface area contributed by atoms with E-state index in [1.54, 1.807) is 0 Å². The van der Waals surface area contributed by atoms with Crippen molar-refractivity contribution in [3.05, 3.63) is 35.4 Å². The van der Waals surface area contributed by atoms with Crippen LogP contribution in [0.25, 0.3) is 0 Å². The van der Waals surface area contributed by atoms with Crippen LogP contribution in [0.4, 0.5) is 0 Å². The van der Waals surface area contributed by atoms with E-state index in [1.807, 2.05) is 0 Å². The third-order valence-corrected chi connectivity index (χ3v) is 4.61. The van der Waals surface area contributed by atoms with E-state index in [9.17, 15) is 4.79 Å². The van der Waals surface area contributed by atoms with Gasteiger partial charge in [0, 0.05) is 6.42 Å². The number of aryl methyl sites for hydroxylation is 1. The van der Waals surface area contributed by atoms with Crippen LogP contribution >= 0.6 is 0 Å². The molecule has 0 unspecified atom stereocenters. The van der Waals surface area contributed by atoms with Gasteiger partial charge < -0.3 is 5.43 Å². The lowest BCUT2D eigenvalue weighted by Crippen LogP contribution is -2.45. The molecule has 3 rings (SSSR count). The van der Waals surface area contributed by atoms with Crippen molar-refractivity contribution in [2.75, 3.05) is 0 Å². The van der Waals surface area contributed by atoms with Crippen LogP contribution in [0.2, 0.25) is 0 Å². The third-order valence-electron chi connectivity index (χ3n) is 4.61. The van der Waals surface area contributed by atoms with Crippen LogP contribution in [0.15, 0.2) is 29.4 Å². The molecule has 1 heterocycles. The molecule has 0 amide bonds. The van der Waals surface area contributed by atoms with Gasteiger partial charge in [-0.2, -0.15) is 5.10 Å². The highest BCUT2D eigenvalue weighted by Crippen LogP contribution is 2.39. The van der Waals surface area contributed by atoms with Crippen LogP contribution in [-0.4, -0.2) is 17.5 Å². The molecule has 1 fully saturated rings. The Morgan fingerprint density at radius 2 is 2.00 bits per heavy atom. The van der Waals surface area contributed by atoms with Gasteiger partial charge in [-0.05, 0) is 29.4 Å². The normalized spacial score (nSPS) is 27.0. The molecule has 0 spiro atoms. The lowest BCUT2D eigenvalue weighted by atomic mass is 9.68. The third kappa shape index (κ3) is 2.74. The predicted molar refractivity (Wildman–Crippen MR) is 85.4 cm³/mol. The molecular formula is C18H24N2O. The molecule has 1 saturated carbocycles. The van der Waals surface area contributed by atoms with Gasteiger partial charge in [-0.15, -0.1) is 0 Å². The Morgan fingerprint density at radius 1 is 1.29 bits per heavy atom. The Bertz CT molecular complexity index is 571. The molecule has 1 aliphatic heterocycles. The number of hydrogen-bond acceptors (Lipinski definition) is 3. The number of carbonyl (C=O) groups is 1. The van der Waals surface area contributed by atoms with Gasteiger partial charge in [-0.1, -0.05) is 51.5 Å². The minimum atomic E-state index is -0.0601. The number of rotatable bonds is 3. The van der Waals surface area contributed by atoms with Gasteiger partial charge in [0.15, 0.2) is 0 Å². The number of hydrogen-bond donors (Lipinski definition) is 1. The van der Waals surface area contributed by atoms with Crippen LogP contribution in [0.1, 0.15) is 51.2 Å². The molecule has 3 nitrogen and oxygen atoms in total. The average molecular weight is 284 g/mol. The highest BCUT2D eigenvalue weighted by atomic mass is 16.1. The Kier molecular flexibility index (Phi) is 3.60. The van der Waals surface area contributed by atoms with Crippen LogP contribution in [0.3, 0.4) is 0 Å². The van der Waals surface area contributed by atoms with Crippen molar-refractivity contribution in [1.82, 2.24) is 5.43 Å². The van der Waals surface area contributed by atoms with Crippen molar-refractivity contribution >= 4 is 11.5 Å². The summed E-state index contributed by atoms with van der Waals surface area (Å²) in [6.45, 7) is 6.52. The van der Waals surface area contributed by atoms with E-state index in [0.29, 0.717) is 12.2 Å². The average Bonchev–Trinajstić information content (AvgIpc) is 2.82. The van der Waals surface area contributed by atoms with E-state index in [2.05, 4.69) is 55.6 Å². The summed E-state index contributed by atoms with van der Waals surface area (Å²) in [5, 5.41) is 4.49. The monoisotopic (exact) mass is 284 g/mol. The van der Waals surface area contributed by atoms with Crippen molar-refractivity contribution in [3.63, 3.8) is 0 Å². The van der Waals surface area contributed by atoms with Crippen molar-refractivity contribution in [2.45, 2.75) is 52.5 Å². The molecule has 3 heteroatoms. The fourth-order valence-electron chi connectivity index (χ4n) is 3.65. The van der Waals surface area contributed by atoms with Gasteiger partial charge in [0.2, 0.25) is 0 Å². The molecule has 1 N–H and O–H groups in total. The minimum absolute atomic E-state index is 0.0601. The van der Waals surface area contributed by atoms with E-state index in [1.165, 1.54) is 5.56 Å². The highest BCUT2D eigenvalue weighted by Gasteiger charge is 2.46. The minimum Gasteiger partial charge on any atom is -0.306 e. The summed E-state index contributed by atoms with van der Waals surface area (Å²) >= 11 is 0. The molecule has 1 aliphatic carbocycles. The first kappa shape index (κ1) is 14.3. The standard InChI is InChI=1S/C18H24N2O/c1-4-5-12-6-8-13(9-7-12)17-16-14(19-20-17)10-18(2,3)11-15(16)21/h6-9,14,16,19H,4-5,10-11H2,1-3H3/t14-,16-/m1/s1. The largest absolute Gasteiger partial charge is 0.306 e. The quantitative estimate of drug-likeness (QED) is 0.925. The number of Topliss-reactive ketones (excluding diaryl/α,β-unsaturated/α-hetero) is 1. The van der Waals surface area contributed by atoms with Gasteiger partial charge in [0.25, 0.3) is 0 Å². The number of nitrogens with zero attached hydrogens (tertiary/aromatic N) is 1. The van der Waals surface area contributed by atoms with Crippen molar-refractivity contribution in [1.29, 1.82) is 0 Å². The van der Waals surface area contributed by atoms with Crippen molar-refractivity contribution in [2.24, 2.45) is 16.4 Å². The van der Waals surface area contributed by atoms with E-state index in [-0.39, 0.29) is 17.4 Å². The predicted octanol–water partition coefficient (Wildman–Crippen LogP) is 3.32. The molecule has 1 aromatic carbocycles. The summed E-state index contributed by atoms with van der Waals surface area (Å²) in [6, 6.07) is 8.71. The molecule has 1 aromatic rings. The summed E-state index contributed by atoms with van der Waals surface area (Å²) in [7, 11) is 0. The zero-order valence-corrected chi connectivity index (χ0v) is 13.1. The van der Waals surface area contributed by atoms with Crippen molar-refractivity contribution < 1.29 is 4.79 Å². The SMILES string of the molecule is CCCc1ccc(C2=NN[C@@H]3CC(C)(C)CC(=O)[C@H]23)cc1. The second-order valence-electron chi connectivity index (χ2n) is 7.17. The van der Waals surface area contributed by atoms with E-state index in [4.69, 9.17) is 0 Å². The molecule has 0 radical (unpaired) electrons. The van der Waals surface area contributed by atoms with E-state index in [0.717, 1.165) is 30.5 Å². The first-order valence-electron chi connectivity index (χ1n) is 7.95. The number of carbonyl (C=O) groups excluding carboxylic acids is 1. The lowest BCUT2D eigenvalue weighted by molar-refractivity contribution is -0.126. The Balaban J connectivity index is 1.82. The Labute approximate surface area is 126 Å². The zero-order valence-electron chi connectivity index (χ0n) is 13.1. The van der Waals surface area contributed by atoms with Gasteiger partial charge in [0.1, 0.15) is 5.78 Å². The van der Waals surface area contributed by atoms with Crippen LogP contribution in [0.5, 0.6) is 0 Å². The summed E-state index contributed by atoms with van der Waals surface area (Å²) in [4.78, 5) is 12.5. The Morgan fingerprint density at radius 3 is 2.67 bits per heavy atom. The molecule has 0 saturated heterocycles. The summed E-state index contributed by atoms with van der Waals surface area (Å²) in [6.07, 6.45) is 3.91. The maximum absolute atomic E-state index is 12.5. The van der Waals surface area contributed by atoms with Crippen molar-refractivity contribution in [3.8, 4) is 0 Å². The maximum atomic E-state index is 12.5. The molecule has 2 atom stereocenters. The van der Waals surface area contributed by atoms with Gasteiger partial charge >= 0.3 is 0 Å². The van der Waals surface area contributed by atoms with E-state index < -0.39 is 0 Å². The zero-order chi connectivity index (χ0) is 15.0. The second kappa shape index (κ2) is 5.28. The maximum Gasteiger partial charge on any atom is 0.144 e. The van der Waals surface area contributed by atoms with Crippen LogP contribution in [-0.2, 0) is 11.2 Å². The molecule has 21 heavy (non-hydrogen) atoms. The smallest absolute Gasteiger partial charge is 0.144 e. The molecule has 2 aliphatic rings. The van der Waals surface area contributed by atoms with Gasteiger partial charge in [-0.25, -0.2) is 0 Å². The summed E-state index contributed by atoms with van der Waals surface area (Å²) in [5.74, 6) is 0.271.